The van der Waals surface area contributed by atoms with Crippen LogP contribution in [0.2, 0.25) is 0 Å². The van der Waals surface area contributed by atoms with Crippen LogP contribution in [0.15, 0.2) is 42.7 Å². The lowest BCUT2D eigenvalue weighted by molar-refractivity contribution is 1.22. The van der Waals surface area contributed by atoms with Gasteiger partial charge in [0.25, 0.3) is 0 Å². The molecular formula is C15H11N5. The lowest BCUT2D eigenvalue weighted by atomic mass is 10.3. The quantitative estimate of drug-likeness (QED) is 0.572. The summed E-state index contributed by atoms with van der Waals surface area (Å²) < 4.78 is 0. The summed E-state index contributed by atoms with van der Waals surface area (Å²) in [6.07, 6.45) is 3.53. The van der Waals surface area contributed by atoms with Crippen LogP contribution < -0.4 is 0 Å². The van der Waals surface area contributed by atoms with E-state index in [0.29, 0.717) is 11.5 Å². The van der Waals surface area contributed by atoms with Crippen LogP contribution in [0, 0.1) is 6.92 Å². The van der Waals surface area contributed by atoms with E-state index in [0.717, 1.165) is 27.8 Å². The first-order valence-electron chi connectivity index (χ1n) is 6.34. The average Bonchev–Trinajstić information content (AvgIpc) is 2.89. The number of aryl methyl sites for hydroxylation is 1. The number of aromatic amines is 1. The van der Waals surface area contributed by atoms with E-state index in [-0.39, 0.29) is 0 Å². The van der Waals surface area contributed by atoms with E-state index in [1.807, 2.05) is 37.3 Å². The molecule has 3 aromatic heterocycles. The van der Waals surface area contributed by atoms with Gasteiger partial charge in [-0.1, -0.05) is 12.1 Å². The van der Waals surface area contributed by atoms with Gasteiger partial charge in [-0.3, -0.25) is 4.98 Å². The molecule has 4 aromatic rings. The Morgan fingerprint density at radius 2 is 1.80 bits per heavy atom. The van der Waals surface area contributed by atoms with Gasteiger partial charge in [0.1, 0.15) is 5.69 Å². The molecule has 5 heteroatoms. The summed E-state index contributed by atoms with van der Waals surface area (Å²) in [4.78, 5) is 21.0. The highest BCUT2D eigenvalue weighted by atomic mass is 15.0. The third-order valence-corrected chi connectivity index (χ3v) is 3.17. The maximum Gasteiger partial charge on any atom is 0.178 e. The summed E-state index contributed by atoms with van der Waals surface area (Å²) in [6, 6.07) is 9.80. The Kier molecular flexibility index (Phi) is 2.26. The normalized spacial score (nSPS) is 11.2. The zero-order valence-corrected chi connectivity index (χ0v) is 10.8. The minimum Gasteiger partial charge on any atom is -0.335 e. The Balaban J connectivity index is 1.91. The molecule has 0 saturated heterocycles. The van der Waals surface area contributed by atoms with Crippen molar-refractivity contribution in [2.75, 3.05) is 0 Å². The molecule has 0 unspecified atom stereocenters. The minimum absolute atomic E-state index is 0.691. The third kappa shape index (κ3) is 1.72. The van der Waals surface area contributed by atoms with Gasteiger partial charge in [-0.2, -0.15) is 0 Å². The number of aromatic nitrogens is 5. The second-order valence-corrected chi connectivity index (χ2v) is 4.71. The number of nitrogens with one attached hydrogen (secondary N) is 1. The van der Waals surface area contributed by atoms with Crippen molar-refractivity contribution in [1.82, 2.24) is 24.9 Å². The molecule has 1 N–H and O–H groups in total. The molecule has 0 bridgehead atoms. The highest BCUT2D eigenvalue weighted by Gasteiger charge is 2.08. The van der Waals surface area contributed by atoms with Crippen LogP contribution in [-0.4, -0.2) is 24.9 Å². The van der Waals surface area contributed by atoms with E-state index in [4.69, 9.17) is 0 Å². The van der Waals surface area contributed by atoms with Gasteiger partial charge in [-0.15, -0.1) is 0 Å². The fraction of sp³-hybridized carbons (Fsp3) is 0.0667. The van der Waals surface area contributed by atoms with E-state index in [1.165, 1.54) is 0 Å². The molecule has 0 aliphatic heterocycles. The zero-order valence-electron chi connectivity index (χ0n) is 10.8. The largest absolute Gasteiger partial charge is 0.335 e. The fourth-order valence-corrected chi connectivity index (χ4v) is 2.20. The lowest BCUT2D eigenvalue weighted by Gasteiger charge is -1.98. The van der Waals surface area contributed by atoms with Gasteiger partial charge in [0, 0.05) is 6.20 Å². The van der Waals surface area contributed by atoms with E-state index in [9.17, 15) is 0 Å². The van der Waals surface area contributed by atoms with Crippen LogP contribution in [0.3, 0.4) is 0 Å². The van der Waals surface area contributed by atoms with Crippen molar-refractivity contribution in [3.8, 4) is 11.5 Å². The Labute approximate surface area is 114 Å². The van der Waals surface area contributed by atoms with Gasteiger partial charge in [-0.25, -0.2) is 15.0 Å². The zero-order chi connectivity index (χ0) is 13.5. The summed E-state index contributed by atoms with van der Waals surface area (Å²) in [7, 11) is 0. The Morgan fingerprint density at radius 1 is 0.950 bits per heavy atom. The predicted molar refractivity (Wildman–Crippen MR) is 77.2 cm³/mol. The van der Waals surface area contributed by atoms with Gasteiger partial charge in [0.15, 0.2) is 11.5 Å². The second kappa shape index (κ2) is 4.09. The first kappa shape index (κ1) is 11.0. The Bertz CT molecular complexity index is 926. The van der Waals surface area contributed by atoms with Crippen LogP contribution in [0.4, 0.5) is 0 Å². The summed E-state index contributed by atoms with van der Waals surface area (Å²) in [5.74, 6) is 0.691. The summed E-state index contributed by atoms with van der Waals surface area (Å²) >= 11 is 0. The highest BCUT2D eigenvalue weighted by molar-refractivity contribution is 5.78. The van der Waals surface area contributed by atoms with Gasteiger partial charge in [-0.05, 0) is 30.7 Å². The first-order valence-corrected chi connectivity index (χ1v) is 6.34. The highest BCUT2D eigenvalue weighted by Crippen LogP contribution is 2.19. The first-order chi connectivity index (χ1) is 9.79. The SMILES string of the molecule is Cc1cnc2nc(-c3cnc4ccccc4n3)[nH]c2c1. The Morgan fingerprint density at radius 3 is 2.70 bits per heavy atom. The van der Waals surface area contributed by atoms with E-state index in [1.54, 1.807) is 12.4 Å². The molecule has 20 heavy (non-hydrogen) atoms. The molecule has 4 rings (SSSR count). The van der Waals surface area contributed by atoms with Crippen molar-refractivity contribution in [1.29, 1.82) is 0 Å². The number of pyridine rings is 1. The number of rotatable bonds is 1. The lowest BCUT2D eigenvalue weighted by Crippen LogP contribution is -1.89. The van der Waals surface area contributed by atoms with Gasteiger partial charge in [0.05, 0.1) is 22.7 Å². The number of hydrogen-bond donors (Lipinski definition) is 1. The second-order valence-electron chi connectivity index (χ2n) is 4.71. The van der Waals surface area contributed by atoms with Crippen molar-refractivity contribution < 1.29 is 0 Å². The summed E-state index contributed by atoms with van der Waals surface area (Å²) in [5.41, 5.74) is 5.16. The standard InChI is InChI=1S/C15H11N5/c1-9-6-12-14(17-7-9)20-15(19-12)13-8-16-10-4-2-3-5-11(10)18-13/h2-8H,1H3,(H,17,19,20). The minimum atomic E-state index is 0.691. The van der Waals surface area contributed by atoms with Crippen molar-refractivity contribution in [2.45, 2.75) is 6.92 Å². The number of nitrogens with zero attached hydrogens (tertiary/aromatic N) is 4. The monoisotopic (exact) mass is 261 g/mol. The van der Waals surface area contributed by atoms with Crippen molar-refractivity contribution in [2.24, 2.45) is 0 Å². The molecule has 0 saturated carbocycles. The third-order valence-electron chi connectivity index (χ3n) is 3.17. The van der Waals surface area contributed by atoms with Crippen LogP contribution in [-0.2, 0) is 0 Å². The number of H-pyrrole nitrogens is 1. The maximum absolute atomic E-state index is 4.58. The number of benzene rings is 1. The molecule has 0 amide bonds. The maximum atomic E-state index is 4.58. The molecule has 0 atom stereocenters. The van der Waals surface area contributed by atoms with Crippen molar-refractivity contribution in [3.05, 3.63) is 48.3 Å². The number of para-hydroxylation sites is 2. The number of imidazole rings is 1. The number of hydrogen-bond acceptors (Lipinski definition) is 4. The van der Waals surface area contributed by atoms with Crippen LogP contribution in [0.1, 0.15) is 5.56 Å². The average molecular weight is 261 g/mol. The summed E-state index contributed by atoms with van der Waals surface area (Å²) in [6.45, 7) is 2.00. The molecule has 0 spiro atoms. The molecule has 0 fully saturated rings. The number of fused-ring (bicyclic) bond motifs is 2. The van der Waals surface area contributed by atoms with E-state index >= 15 is 0 Å². The molecule has 96 valence electrons. The predicted octanol–water partition coefficient (Wildman–Crippen LogP) is 2.88. The van der Waals surface area contributed by atoms with Crippen LogP contribution in [0.25, 0.3) is 33.7 Å². The fourth-order valence-electron chi connectivity index (χ4n) is 2.20. The van der Waals surface area contributed by atoms with E-state index < -0.39 is 0 Å². The van der Waals surface area contributed by atoms with Crippen LogP contribution >= 0.6 is 0 Å². The molecule has 0 radical (unpaired) electrons. The molecule has 0 aliphatic rings. The van der Waals surface area contributed by atoms with Gasteiger partial charge in [0.2, 0.25) is 0 Å². The Hall–Kier alpha value is -2.82. The molecular weight excluding hydrogens is 250 g/mol. The van der Waals surface area contributed by atoms with Gasteiger partial charge < -0.3 is 4.98 Å². The van der Waals surface area contributed by atoms with E-state index in [2.05, 4.69) is 24.9 Å². The van der Waals surface area contributed by atoms with Crippen molar-refractivity contribution in [3.63, 3.8) is 0 Å². The molecule has 3 heterocycles. The molecule has 0 aliphatic carbocycles. The molecule has 5 nitrogen and oxygen atoms in total. The van der Waals surface area contributed by atoms with Crippen LogP contribution in [0.5, 0.6) is 0 Å². The smallest absolute Gasteiger partial charge is 0.178 e. The van der Waals surface area contributed by atoms with Gasteiger partial charge >= 0.3 is 0 Å². The summed E-state index contributed by atoms with van der Waals surface area (Å²) in [5, 5.41) is 0. The molecule has 1 aromatic carbocycles. The van der Waals surface area contributed by atoms with Crippen molar-refractivity contribution >= 4 is 22.2 Å². The topological polar surface area (TPSA) is 67.3 Å².